The van der Waals surface area contributed by atoms with Crippen molar-refractivity contribution in [3.05, 3.63) is 69.3 Å². The zero-order valence-electron chi connectivity index (χ0n) is 13.2. The third-order valence-electron chi connectivity index (χ3n) is 3.54. The summed E-state index contributed by atoms with van der Waals surface area (Å²) >= 11 is 4.91. The number of hydrogen-bond donors (Lipinski definition) is 1. The van der Waals surface area contributed by atoms with Crippen LogP contribution in [-0.4, -0.2) is 10.7 Å². The molecule has 0 amide bonds. The Labute approximate surface area is 152 Å². The third-order valence-corrected chi connectivity index (χ3v) is 4.81. The number of anilines is 1. The largest absolute Gasteiger partial charge is 0.252 e. The molecular weight excluding hydrogens is 389 g/mol. The second kappa shape index (κ2) is 7.23. The van der Waals surface area contributed by atoms with E-state index in [1.807, 2.05) is 36.6 Å². The molecule has 0 aliphatic carbocycles. The second-order valence-electron chi connectivity index (χ2n) is 5.32. The molecule has 0 saturated heterocycles. The molecule has 1 heterocycles. The number of rotatable bonds is 4. The van der Waals surface area contributed by atoms with E-state index in [1.54, 1.807) is 19.1 Å². The first-order valence-corrected chi connectivity index (χ1v) is 8.98. The van der Waals surface area contributed by atoms with Gasteiger partial charge >= 0.3 is 0 Å². The van der Waals surface area contributed by atoms with Crippen molar-refractivity contribution in [1.82, 2.24) is 4.98 Å². The quantitative estimate of drug-likeness (QED) is 0.437. The van der Waals surface area contributed by atoms with Crippen LogP contribution in [0.5, 0.6) is 0 Å². The zero-order chi connectivity index (χ0) is 17.1. The van der Waals surface area contributed by atoms with Crippen molar-refractivity contribution in [3.63, 3.8) is 0 Å². The van der Waals surface area contributed by atoms with Gasteiger partial charge < -0.3 is 0 Å². The van der Waals surface area contributed by atoms with Crippen molar-refractivity contribution in [3.8, 4) is 11.3 Å². The molecular formula is C18H15BrFN3S. The number of thiazole rings is 1. The molecule has 0 aliphatic heterocycles. The molecule has 1 N–H and O–H groups in total. The van der Waals surface area contributed by atoms with Gasteiger partial charge in [0.15, 0.2) is 0 Å². The summed E-state index contributed by atoms with van der Waals surface area (Å²) in [7, 11) is 0. The fourth-order valence-electron chi connectivity index (χ4n) is 2.14. The van der Waals surface area contributed by atoms with E-state index in [0.717, 1.165) is 27.0 Å². The number of hydrogen-bond acceptors (Lipinski definition) is 4. The topological polar surface area (TPSA) is 37.3 Å². The number of benzene rings is 2. The summed E-state index contributed by atoms with van der Waals surface area (Å²) in [6.45, 7) is 3.62. The van der Waals surface area contributed by atoms with Gasteiger partial charge in [0.1, 0.15) is 5.82 Å². The maximum absolute atomic E-state index is 13.3. The Kier molecular flexibility index (Phi) is 5.06. The van der Waals surface area contributed by atoms with E-state index in [9.17, 15) is 4.39 Å². The van der Waals surface area contributed by atoms with Gasteiger partial charge in [-0.15, -0.1) is 11.3 Å². The third kappa shape index (κ3) is 3.88. The first-order valence-electron chi connectivity index (χ1n) is 7.31. The normalized spacial score (nSPS) is 11.6. The Balaban J connectivity index is 1.74. The summed E-state index contributed by atoms with van der Waals surface area (Å²) in [5.74, 6) is -0.210. The Morgan fingerprint density at radius 2 is 1.96 bits per heavy atom. The number of aryl methyl sites for hydroxylation is 1. The van der Waals surface area contributed by atoms with Crippen LogP contribution in [0.4, 0.5) is 9.52 Å². The van der Waals surface area contributed by atoms with Crippen LogP contribution in [0.15, 0.2) is 57.4 Å². The molecule has 3 nitrogen and oxygen atoms in total. The lowest BCUT2D eigenvalue weighted by Crippen LogP contribution is -2.00. The van der Waals surface area contributed by atoms with Crippen LogP contribution in [0.2, 0.25) is 0 Å². The van der Waals surface area contributed by atoms with Gasteiger partial charge in [0.05, 0.1) is 11.4 Å². The van der Waals surface area contributed by atoms with Gasteiger partial charge in [0.25, 0.3) is 0 Å². The van der Waals surface area contributed by atoms with E-state index in [4.69, 9.17) is 0 Å². The smallest absolute Gasteiger partial charge is 0.203 e. The Morgan fingerprint density at radius 1 is 1.21 bits per heavy atom. The average Bonchev–Trinajstić information content (AvgIpc) is 3.05. The van der Waals surface area contributed by atoms with Gasteiger partial charge in [0, 0.05) is 15.4 Å². The second-order valence-corrected chi connectivity index (χ2v) is 7.09. The van der Waals surface area contributed by atoms with Crippen molar-refractivity contribution < 1.29 is 4.39 Å². The lowest BCUT2D eigenvalue weighted by atomic mass is 10.1. The fourth-order valence-corrected chi connectivity index (χ4v) is 3.07. The summed E-state index contributed by atoms with van der Waals surface area (Å²) in [5, 5.41) is 7.04. The predicted molar refractivity (Wildman–Crippen MR) is 102 cm³/mol. The lowest BCUT2D eigenvalue weighted by Gasteiger charge is -2.03. The van der Waals surface area contributed by atoms with Gasteiger partial charge in [0.2, 0.25) is 5.13 Å². The lowest BCUT2D eigenvalue weighted by molar-refractivity contribution is 0.618. The number of nitrogens with zero attached hydrogens (tertiary/aromatic N) is 2. The number of halogens is 2. The van der Waals surface area contributed by atoms with E-state index < -0.39 is 0 Å². The first-order chi connectivity index (χ1) is 11.5. The predicted octanol–water partition coefficient (Wildman–Crippen LogP) is 5.86. The number of nitrogens with one attached hydrogen (secondary N) is 1. The number of hydrazone groups is 1. The monoisotopic (exact) mass is 403 g/mol. The van der Waals surface area contributed by atoms with Crippen molar-refractivity contribution >= 4 is 38.1 Å². The standard InChI is InChI=1S/C18H15BrFN3S/c1-11-9-14(5-8-16(11)20)12(2)22-23-18-21-17(10-24-18)13-3-6-15(19)7-4-13/h3-10H,1-2H3,(H,21,23)/b22-12+. The Bertz CT molecular complexity index is 888. The molecule has 2 aromatic carbocycles. The molecule has 0 atom stereocenters. The molecule has 0 aliphatic rings. The molecule has 122 valence electrons. The Morgan fingerprint density at radius 3 is 2.67 bits per heavy atom. The molecule has 0 spiro atoms. The maximum Gasteiger partial charge on any atom is 0.203 e. The minimum absolute atomic E-state index is 0.210. The molecule has 6 heteroatoms. The highest BCUT2D eigenvalue weighted by molar-refractivity contribution is 9.10. The fraction of sp³-hybridized carbons (Fsp3) is 0.111. The van der Waals surface area contributed by atoms with Gasteiger partial charge in [-0.05, 0) is 49.2 Å². The molecule has 0 unspecified atom stereocenters. The van der Waals surface area contributed by atoms with E-state index in [0.29, 0.717) is 10.7 Å². The van der Waals surface area contributed by atoms with E-state index >= 15 is 0 Å². The molecule has 0 fully saturated rings. The summed E-state index contributed by atoms with van der Waals surface area (Å²) in [6, 6.07) is 13.0. The van der Waals surface area contributed by atoms with Gasteiger partial charge in [-0.25, -0.2) is 9.37 Å². The van der Waals surface area contributed by atoms with Gasteiger partial charge in [-0.3, -0.25) is 5.43 Å². The van der Waals surface area contributed by atoms with Crippen LogP contribution in [0.3, 0.4) is 0 Å². The van der Waals surface area contributed by atoms with Crippen LogP contribution < -0.4 is 5.43 Å². The van der Waals surface area contributed by atoms with Crippen molar-refractivity contribution in [2.75, 3.05) is 5.43 Å². The number of aromatic nitrogens is 1. The van der Waals surface area contributed by atoms with Crippen molar-refractivity contribution in [2.24, 2.45) is 5.10 Å². The van der Waals surface area contributed by atoms with Crippen LogP contribution in [0, 0.1) is 12.7 Å². The zero-order valence-corrected chi connectivity index (χ0v) is 15.6. The Hall–Kier alpha value is -2.05. The van der Waals surface area contributed by atoms with Crippen LogP contribution in [0.25, 0.3) is 11.3 Å². The first kappa shape index (κ1) is 16.8. The molecule has 1 aromatic heterocycles. The van der Waals surface area contributed by atoms with Crippen molar-refractivity contribution in [2.45, 2.75) is 13.8 Å². The highest BCUT2D eigenvalue weighted by Gasteiger charge is 2.05. The maximum atomic E-state index is 13.3. The average molecular weight is 404 g/mol. The van der Waals surface area contributed by atoms with E-state index in [-0.39, 0.29) is 5.82 Å². The highest BCUT2D eigenvalue weighted by Crippen LogP contribution is 2.26. The molecule has 3 rings (SSSR count). The molecule has 0 saturated carbocycles. The van der Waals surface area contributed by atoms with E-state index in [2.05, 4.69) is 31.4 Å². The molecule has 0 radical (unpaired) electrons. The minimum Gasteiger partial charge on any atom is -0.252 e. The van der Waals surface area contributed by atoms with Crippen LogP contribution >= 0.6 is 27.3 Å². The minimum atomic E-state index is -0.210. The SMILES string of the molecule is C/C(=N\Nc1nc(-c2ccc(Br)cc2)cs1)c1ccc(F)c(C)c1. The van der Waals surface area contributed by atoms with Crippen LogP contribution in [0.1, 0.15) is 18.1 Å². The van der Waals surface area contributed by atoms with E-state index in [1.165, 1.54) is 17.4 Å². The van der Waals surface area contributed by atoms with Crippen molar-refractivity contribution in [1.29, 1.82) is 0 Å². The highest BCUT2D eigenvalue weighted by atomic mass is 79.9. The summed E-state index contributed by atoms with van der Waals surface area (Å²) in [6.07, 6.45) is 0. The molecule has 3 aromatic rings. The molecule has 24 heavy (non-hydrogen) atoms. The summed E-state index contributed by atoms with van der Waals surface area (Å²) in [4.78, 5) is 4.53. The van der Waals surface area contributed by atoms with Gasteiger partial charge in [-0.1, -0.05) is 34.1 Å². The van der Waals surface area contributed by atoms with Crippen LogP contribution in [-0.2, 0) is 0 Å². The van der Waals surface area contributed by atoms with Gasteiger partial charge in [-0.2, -0.15) is 5.10 Å². The summed E-state index contributed by atoms with van der Waals surface area (Å²) in [5.41, 5.74) is 7.19. The molecule has 0 bridgehead atoms. The summed E-state index contributed by atoms with van der Waals surface area (Å²) < 4.78 is 14.4.